The van der Waals surface area contributed by atoms with Crippen molar-refractivity contribution in [3.63, 3.8) is 0 Å². The van der Waals surface area contributed by atoms with Crippen molar-refractivity contribution in [2.24, 2.45) is 16.7 Å². The van der Waals surface area contributed by atoms with Gasteiger partial charge in [-0.2, -0.15) is 0 Å². The van der Waals surface area contributed by atoms with Gasteiger partial charge in [0.15, 0.2) is 5.84 Å². The number of hydrogen-bond acceptors (Lipinski definition) is 5. The Kier molecular flexibility index (Phi) is 16.4. The molecule has 5 N–H and O–H groups in total. The van der Waals surface area contributed by atoms with Crippen LogP contribution in [0.25, 0.3) is 6.08 Å². The molecule has 0 unspecified atom stereocenters. The average molecular weight is 466 g/mol. The zero-order valence-electron chi connectivity index (χ0n) is 20.4. The van der Waals surface area contributed by atoms with E-state index in [9.17, 15) is 4.39 Å². The molecule has 0 bridgehead atoms. The first-order chi connectivity index (χ1) is 16.6. The van der Waals surface area contributed by atoms with Crippen LogP contribution in [0.15, 0.2) is 90.2 Å². The van der Waals surface area contributed by atoms with E-state index < -0.39 is 0 Å². The summed E-state index contributed by atoms with van der Waals surface area (Å²) in [6, 6.07) is 26.0. The van der Waals surface area contributed by atoms with E-state index >= 15 is 0 Å². The summed E-state index contributed by atoms with van der Waals surface area (Å²) in [6.45, 7) is 8.53. The molecule has 0 saturated carbocycles. The zero-order chi connectivity index (χ0) is 25.8. The lowest BCUT2D eigenvalue weighted by Gasteiger charge is -2.14. The summed E-state index contributed by atoms with van der Waals surface area (Å²) in [4.78, 5) is 8.00. The van der Waals surface area contributed by atoms with Crippen molar-refractivity contribution >= 4 is 24.4 Å². The number of hydrazone groups is 1. The molecule has 3 aromatic carbocycles. The van der Waals surface area contributed by atoms with E-state index in [2.05, 4.69) is 16.5 Å². The van der Waals surface area contributed by atoms with Gasteiger partial charge in [-0.3, -0.25) is 4.39 Å². The molecule has 34 heavy (non-hydrogen) atoms. The van der Waals surface area contributed by atoms with Crippen molar-refractivity contribution in [1.82, 2.24) is 5.12 Å². The molecule has 3 rings (SSSR count). The van der Waals surface area contributed by atoms with Gasteiger partial charge >= 0.3 is 0 Å². The number of halogens is 1. The number of benzene rings is 3. The van der Waals surface area contributed by atoms with Crippen LogP contribution in [0.4, 0.5) is 10.1 Å². The Morgan fingerprint density at radius 2 is 1.65 bits per heavy atom. The third-order valence-corrected chi connectivity index (χ3v) is 4.15. The van der Waals surface area contributed by atoms with Crippen LogP contribution in [0.2, 0.25) is 0 Å². The van der Waals surface area contributed by atoms with E-state index in [0.29, 0.717) is 19.6 Å². The first-order valence-electron chi connectivity index (χ1n) is 10.8. The topological polar surface area (TPSA) is 96.7 Å². The lowest BCUT2D eigenvalue weighted by molar-refractivity contribution is -0.0979. The van der Waals surface area contributed by atoms with Crippen molar-refractivity contribution in [2.45, 2.75) is 27.3 Å². The number of hydrazine groups is 1. The summed E-state index contributed by atoms with van der Waals surface area (Å²) in [7, 11) is 0.500. The van der Waals surface area contributed by atoms with Gasteiger partial charge in [0.2, 0.25) is 0 Å². The summed E-state index contributed by atoms with van der Waals surface area (Å²) >= 11 is 0. The lowest BCUT2D eigenvalue weighted by Crippen LogP contribution is -2.29. The number of anilines is 1. The Labute approximate surface area is 202 Å². The summed E-state index contributed by atoms with van der Waals surface area (Å²) < 4.78 is 9.50. The monoisotopic (exact) mass is 465 g/mol. The smallest absolute Gasteiger partial charge is 0.152 e. The van der Waals surface area contributed by atoms with Crippen molar-refractivity contribution < 1.29 is 9.18 Å². The number of nitrogens with one attached hydrogen (secondary N) is 1. The minimum atomic E-state index is 0.367. The summed E-state index contributed by atoms with van der Waals surface area (Å²) in [5, 5.41) is 8.91. The summed E-state index contributed by atoms with van der Waals surface area (Å²) in [5.41, 5.74) is 11.3. The number of alkyl halides is 1. The predicted molar refractivity (Wildman–Crippen MR) is 143 cm³/mol. The fourth-order valence-corrected chi connectivity index (χ4v) is 2.80. The van der Waals surface area contributed by atoms with Gasteiger partial charge in [-0.05, 0) is 36.3 Å². The maximum absolute atomic E-state index is 9.50. The number of hydrogen-bond donors (Lipinski definition) is 3. The van der Waals surface area contributed by atoms with Gasteiger partial charge < -0.3 is 15.8 Å². The van der Waals surface area contributed by atoms with Crippen molar-refractivity contribution in [1.29, 1.82) is 0 Å². The molecule has 182 valence electrons. The Balaban J connectivity index is 0.00000168. The Morgan fingerprint density at radius 1 is 1.00 bits per heavy atom. The number of rotatable bonds is 7. The highest BCUT2D eigenvalue weighted by atomic mass is 19.1. The molecule has 0 aliphatic heterocycles. The highest BCUT2D eigenvalue weighted by Crippen LogP contribution is 2.12. The predicted octanol–water partition coefficient (Wildman–Crippen LogP) is 5.50. The number of amidine groups is 1. The molecule has 0 aromatic heterocycles. The minimum Gasteiger partial charge on any atom is -0.382 e. The molecule has 0 amide bonds. The third-order valence-electron chi connectivity index (χ3n) is 4.15. The Morgan fingerprint density at radius 3 is 2.29 bits per heavy atom. The second-order valence-electron chi connectivity index (χ2n) is 6.54. The molecule has 0 fully saturated rings. The van der Waals surface area contributed by atoms with Crippen molar-refractivity contribution in [2.75, 3.05) is 12.5 Å². The van der Waals surface area contributed by atoms with Crippen LogP contribution < -0.4 is 16.9 Å². The normalized spacial score (nSPS) is 10.0. The first kappa shape index (κ1) is 30.0. The number of carbonyl (C=O) groups excluding carboxylic acids is 1. The van der Waals surface area contributed by atoms with E-state index in [0.717, 1.165) is 22.4 Å². The van der Waals surface area contributed by atoms with Gasteiger partial charge in [0, 0.05) is 17.5 Å². The van der Waals surface area contributed by atoms with Crippen LogP contribution >= 0.6 is 0 Å². The van der Waals surface area contributed by atoms with Crippen LogP contribution in [0.5, 0.6) is 0 Å². The van der Waals surface area contributed by atoms with Gasteiger partial charge in [0.25, 0.3) is 0 Å². The fourth-order valence-electron chi connectivity index (χ4n) is 2.80. The van der Waals surface area contributed by atoms with Crippen LogP contribution in [-0.4, -0.2) is 24.9 Å². The van der Waals surface area contributed by atoms with Crippen LogP contribution in [0.1, 0.15) is 36.1 Å². The van der Waals surface area contributed by atoms with E-state index in [1.54, 1.807) is 0 Å². The van der Waals surface area contributed by atoms with E-state index in [1.807, 2.05) is 113 Å². The lowest BCUT2D eigenvalue weighted by atomic mass is 10.1. The van der Waals surface area contributed by atoms with E-state index in [-0.39, 0.29) is 0 Å². The number of aryl methyl sites for hydroxylation is 1. The highest BCUT2D eigenvalue weighted by molar-refractivity contribution is 5.98. The van der Waals surface area contributed by atoms with Crippen LogP contribution in [-0.2, 0) is 11.3 Å². The second kappa shape index (κ2) is 18.6. The molecule has 6 nitrogen and oxygen atoms in total. The van der Waals surface area contributed by atoms with Gasteiger partial charge in [-0.15, -0.1) is 5.10 Å². The maximum Gasteiger partial charge on any atom is 0.152 e. The quantitative estimate of drug-likeness (QED) is 0.185. The standard InChI is InChI=1S/C23H25N5.C2H6.CH3F.CH2O/c1-18-7-5-10-20(15-18)17-28(25)27-23(24)21-11-6-12-22(16-21)26-14-13-19-8-3-2-4-9-19;3*1-2/h2-16,26H,17,25H2,1H3,(H2,24,27);1-2H3;1H3;1H2/b14-13+;;;. The van der Waals surface area contributed by atoms with Gasteiger partial charge in [0.05, 0.1) is 13.7 Å². The molecule has 0 atom stereocenters. The summed E-state index contributed by atoms with van der Waals surface area (Å²) in [5.74, 6) is 6.38. The van der Waals surface area contributed by atoms with Gasteiger partial charge in [-0.25, -0.2) is 11.0 Å². The van der Waals surface area contributed by atoms with E-state index in [1.165, 1.54) is 10.7 Å². The van der Waals surface area contributed by atoms with Crippen LogP contribution in [0, 0.1) is 6.92 Å². The molecule has 0 radical (unpaired) electrons. The average Bonchev–Trinajstić information content (AvgIpc) is 2.88. The van der Waals surface area contributed by atoms with Gasteiger partial charge in [0.1, 0.15) is 6.79 Å². The fraction of sp³-hybridized carbons (Fsp3) is 0.185. The first-order valence-corrected chi connectivity index (χ1v) is 10.8. The SMILES string of the molecule is C=O.CC.CF.Cc1cccc(CN(N)/N=C(\N)c2cccc(N/C=C/c3ccccc3)c2)c1. The van der Waals surface area contributed by atoms with Crippen molar-refractivity contribution in [3.8, 4) is 0 Å². The zero-order valence-corrected chi connectivity index (χ0v) is 20.4. The number of nitrogens with zero attached hydrogens (tertiary/aromatic N) is 2. The number of nitrogens with two attached hydrogens (primary N) is 2. The number of carbonyl (C=O) groups is 1. The third kappa shape index (κ3) is 11.6. The van der Waals surface area contributed by atoms with Crippen LogP contribution in [0.3, 0.4) is 0 Å². The molecule has 0 spiro atoms. The molecular weight excluding hydrogens is 429 g/mol. The molecule has 0 aliphatic rings. The second-order valence-corrected chi connectivity index (χ2v) is 6.54. The Bertz CT molecular complexity index is 993. The Hall–Kier alpha value is -3.97. The highest BCUT2D eigenvalue weighted by Gasteiger charge is 2.03. The van der Waals surface area contributed by atoms with E-state index in [4.69, 9.17) is 16.4 Å². The molecule has 0 aliphatic carbocycles. The molecule has 0 heterocycles. The van der Waals surface area contributed by atoms with Crippen molar-refractivity contribution in [3.05, 3.63) is 107 Å². The molecule has 3 aromatic rings. The molecular formula is C27H36FN5O. The van der Waals surface area contributed by atoms with Gasteiger partial charge in [-0.1, -0.05) is 86.1 Å². The maximum atomic E-state index is 9.50. The molecule has 0 saturated heterocycles. The summed E-state index contributed by atoms with van der Waals surface area (Å²) in [6.07, 6.45) is 3.91. The largest absolute Gasteiger partial charge is 0.382 e. The minimum absolute atomic E-state index is 0.367. The molecule has 7 heteroatoms.